The minimum Gasteiger partial charge on any atom is -0.309 e. The van der Waals surface area contributed by atoms with Gasteiger partial charge in [0.25, 0.3) is 0 Å². The van der Waals surface area contributed by atoms with E-state index < -0.39 is 64.3 Å². The molecular weight excluding hydrogens is 1250 g/mol. The van der Waals surface area contributed by atoms with Crippen molar-refractivity contribution < 1.29 is 65.9 Å². The molecule has 0 spiro atoms. The monoisotopic (exact) mass is 1300 g/mol. The van der Waals surface area contributed by atoms with Gasteiger partial charge in [-0.25, -0.2) is 4.85 Å². The molecule has 95 heavy (non-hydrogen) atoms. The Kier molecular flexibility index (Phi) is 15.0. The molecule has 11 aromatic carbocycles. The molecule has 13 rings (SSSR count). The predicted molar refractivity (Wildman–Crippen MR) is 343 cm³/mol. The zero-order chi connectivity index (χ0) is 67.7. The van der Waals surface area contributed by atoms with Crippen LogP contribution in [0.1, 0.15) is 55.6 Å². The zero-order valence-electron chi connectivity index (χ0n) is 50.6. The molecule has 0 atom stereocenters. The number of nitrogens with zero attached hydrogens (tertiary/aromatic N) is 3. The molecule has 18 heteroatoms. The summed E-state index contributed by atoms with van der Waals surface area (Å²) in [6.45, 7) is 16.9. The first-order valence-corrected chi connectivity index (χ1v) is 29.5. The smallest absolute Gasteiger partial charge is 0.309 e. The molecule has 0 aliphatic heterocycles. The van der Waals surface area contributed by atoms with Crippen LogP contribution in [0.15, 0.2) is 200 Å². The van der Waals surface area contributed by atoms with E-state index in [2.05, 4.69) is 4.85 Å². The molecule has 0 aliphatic carbocycles. The quantitative estimate of drug-likeness (QED) is 0.106. The third-order valence-corrected chi connectivity index (χ3v) is 17.6. The number of hydrogen-bond acceptors (Lipinski definition) is 0. The summed E-state index contributed by atoms with van der Waals surface area (Å²) in [5, 5.41) is 1.87. The summed E-state index contributed by atoms with van der Waals surface area (Å²) in [4.78, 5) is 3.79. The van der Waals surface area contributed by atoms with Crippen LogP contribution in [0.5, 0.6) is 0 Å². The van der Waals surface area contributed by atoms with Gasteiger partial charge in [-0.1, -0.05) is 96.1 Å². The van der Waals surface area contributed by atoms with Gasteiger partial charge in [-0.2, -0.15) is 65.9 Å². The average molecular weight is 1300 g/mol. The van der Waals surface area contributed by atoms with Crippen molar-refractivity contribution in [2.45, 2.75) is 65.5 Å². The van der Waals surface area contributed by atoms with E-state index in [1.54, 1.807) is 72.2 Å². The number of hydrogen-bond donors (Lipinski definition) is 0. The van der Waals surface area contributed by atoms with Crippen molar-refractivity contribution in [1.82, 2.24) is 9.13 Å². The Balaban J connectivity index is 1.11. The number of benzene rings is 11. The van der Waals surface area contributed by atoms with Gasteiger partial charge in [-0.05, 0) is 233 Å². The standard InChI is InChI=1S/C77H48F15N3/c1-40-7-18-54(42(3)29-40)45-10-26-70-63(34-45)64-35-47(56-21-14-50(32-44(56)5)74(81,82)83)11-27-71(64)95(70)72-28-16-52(93-6)38-65(72)60-39-53(17-23-58(60)59-19-8-41(2)30-66(59)76(87,88)89)94-68-24-9-46(55-20-13-49(31-43(55)4)73(78,79)80)33-61(68)62-36-48(12-25-69(62)94)57-22-15-51(75(84,85)86)37-67(57)77(90,91)92/h7-39H,1-5H3. The largest absolute Gasteiger partial charge is 0.417 e. The van der Waals surface area contributed by atoms with Gasteiger partial charge in [-0.15, -0.1) is 0 Å². The summed E-state index contributed by atoms with van der Waals surface area (Å²) in [6.07, 6.45) is -24.6. The average Bonchev–Trinajstić information content (AvgIpc) is 1.60. The topological polar surface area (TPSA) is 14.2 Å². The number of rotatable bonds is 8. The number of aromatic nitrogens is 2. The molecule has 2 aromatic heterocycles. The summed E-state index contributed by atoms with van der Waals surface area (Å²) >= 11 is 0. The van der Waals surface area contributed by atoms with Gasteiger partial charge in [0.05, 0.1) is 62.1 Å². The molecule has 0 saturated carbocycles. The van der Waals surface area contributed by atoms with Gasteiger partial charge in [-0.3, -0.25) is 0 Å². The third kappa shape index (κ3) is 11.4. The maximum atomic E-state index is 15.6. The van der Waals surface area contributed by atoms with Crippen LogP contribution in [0.25, 0.3) is 127 Å². The van der Waals surface area contributed by atoms with E-state index in [9.17, 15) is 52.7 Å². The minimum atomic E-state index is -5.28. The lowest BCUT2D eigenvalue weighted by Crippen LogP contribution is -2.12. The number of aryl methyl sites for hydroxylation is 5. The molecule has 3 nitrogen and oxygen atoms in total. The SMILES string of the molecule is [C-]#[N+]c1ccc(-n2c3ccc(-c4ccc(C)cc4C)cc3c3cc(-c4ccc(C(F)(F)F)cc4C)ccc32)c(-c2cc(-n3c4ccc(-c5ccc(C(F)(F)F)cc5C)cc4c4cc(-c5ccc(C(F)(F)F)cc5C(F)(F)F)ccc43)ccc2-c2ccc(C)cc2C(F)(F)F)c1. The van der Waals surface area contributed by atoms with Crippen molar-refractivity contribution in [3.05, 3.63) is 267 Å². The zero-order valence-corrected chi connectivity index (χ0v) is 50.6. The molecule has 0 fully saturated rings. The Labute approximate surface area is 533 Å². The Hall–Kier alpha value is -10.5. The number of fused-ring (bicyclic) bond motifs is 6. The van der Waals surface area contributed by atoms with Crippen LogP contribution in [0.3, 0.4) is 0 Å². The molecule has 0 radical (unpaired) electrons. The van der Waals surface area contributed by atoms with Gasteiger partial charge in [0.1, 0.15) is 0 Å². The molecule has 0 unspecified atom stereocenters. The first kappa shape index (κ1) is 63.2. The normalized spacial score (nSPS) is 12.6. The second-order valence-electron chi connectivity index (χ2n) is 23.8. The van der Waals surface area contributed by atoms with Crippen LogP contribution < -0.4 is 0 Å². The van der Waals surface area contributed by atoms with Gasteiger partial charge in [0.15, 0.2) is 5.69 Å². The van der Waals surface area contributed by atoms with E-state index in [1.165, 1.54) is 62.4 Å². The van der Waals surface area contributed by atoms with Crippen molar-refractivity contribution in [3.8, 4) is 78.1 Å². The highest BCUT2D eigenvalue weighted by molar-refractivity contribution is 6.14. The van der Waals surface area contributed by atoms with Crippen molar-refractivity contribution in [1.29, 1.82) is 0 Å². The van der Waals surface area contributed by atoms with E-state index >= 15 is 13.2 Å². The maximum Gasteiger partial charge on any atom is 0.417 e. The summed E-state index contributed by atoms with van der Waals surface area (Å²) in [5.74, 6) is 0. The fourth-order valence-corrected chi connectivity index (χ4v) is 13.2. The van der Waals surface area contributed by atoms with Crippen LogP contribution >= 0.6 is 0 Å². The summed E-state index contributed by atoms with van der Waals surface area (Å²) in [6, 6.07) is 47.5. The van der Waals surface area contributed by atoms with Crippen LogP contribution in [0.2, 0.25) is 0 Å². The first-order valence-electron chi connectivity index (χ1n) is 29.5. The summed E-state index contributed by atoms with van der Waals surface area (Å²) in [5.41, 5.74) is 2.51. The molecular formula is C77H48F15N3. The van der Waals surface area contributed by atoms with E-state index in [-0.39, 0.29) is 61.7 Å². The molecule has 0 amide bonds. The highest BCUT2D eigenvalue weighted by atomic mass is 19.4. The van der Waals surface area contributed by atoms with Gasteiger partial charge < -0.3 is 9.13 Å². The van der Waals surface area contributed by atoms with Crippen LogP contribution in [0.4, 0.5) is 71.5 Å². The lowest BCUT2D eigenvalue weighted by molar-refractivity contribution is -0.143. The second kappa shape index (κ2) is 22.6. The highest BCUT2D eigenvalue weighted by Gasteiger charge is 2.40. The fraction of sp³-hybridized carbons (Fsp3) is 0.130. The summed E-state index contributed by atoms with van der Waals surface area (Å²) in [7, 11) is 0. The minimum absolute atomic E-state index is 0.0250. The van der Waals surface area contributed by atoms with E-state index in [0.717, 1.165) is 58.7 Å². The van der Waals surface area contributed by atoms with Crippen molar-refractivity contribution >= 4 is 49.3 Å². The molecule has 0 aliphatic rings. The number of alkyl halides is 15. The fourth-order valence-electron chi connectivity index (χ4n) is 13.2. The highest BCUT2D eigenvalue weighted by Crippen LogP contribution is 2.50. The lowest BCUT2D eigenvalue weighted by Gasteiger charge is -2.21. The Morgan fingerprint density at radius 2 is 0.663 bits per heavy atom. The van der Waals surface area contributed by atoms with Crippen LogP contribution in [-0.2, 0) is 30.9 Å². The van der Waals surface area contributed by atoms with Crippen molar-refractivity contribution in [3.63, 3.8) is 0 Å². The van der Waals surface area contributed by atoms with Crippen molar-refractivity contribution in [2.24, 2.45) is 0 Å². The second-order valence-corrected chi connectivity index (χ2v) is 23.8. The molecule has 0 N–H and O–H groups in total. The Morgan fingerprint density at radius 1 is 0.284 bits per heavy atom. The Morgan fingerprint density at radius 3 is 1.09 bits per heavy atom. The molecule has 13 aromatic rings. The molecule has 0 bridgehead atoms. The third-order valence-electron chi connectivity index (χ3n) is 17.6. The van der Waals surface area contributed by atoms with Crippen LogP contribution in [-0.4, -0.2) is 9.13 Å². The van der Waals surface area contributed by atoms with E-state index in [0.29, 0.717) is 77.8 Å². The van der Waals surface area contributed by atoms with Crippen molar-refractivity contribution in [2.75, 3.05) is 0 Å². The number of halogens is 15. The molecule has 2 heterocycles. The van der Waals surface area contributed by atoms with E-state index in [4.69, 9.17) is 6.57 Å². The first-order chi connectivity index (χ1) is 44.7. The Bertz CT molecular complexity index is 5370. The predicted octanol–water partition coefficient (Wildman–Crippen LogP) is 25.1. The van der Waals surface area contributed by atoms with Gasteiger partial charge in [0, 0.05) is 27.2 Å². The lowest BCUT2D eigenvalue weighted by atomic mass is 9.89. The summed E-state index contributed by atoms with van der Waals surface area (Å²) < 4.78 is 221. The van der Waals surface area contributed by atoms with Gasteiger partial charge >= 0.3 is 30.9 Å². The van der Waals surface area contributed by atoms with Crippen LogP contribution in [0, 0.1) is 41.2 Å². The maximum absolute atomic E-state index is 15.6. The molecule has 476 valence electrons. The molecule has 0 saturated heterocycles. The van der Waals surface area contributed by atoms with E-state index in [1.807, 2.05) is 60.9 Å². The van der Waals surface area contributed by atoms with Gasteiger partial charge in [0.2, 0.25) is 0 Å².